The topological polar surface area (TPSA) is 91.8 Å². The first-order valence-corrected chi connectivity index (χ1v) is 8.39. The lowest BCUT2D eigenvalue weighted by atomic mass is 9.99. The fourth-order valence-corrected chi connectivity index (χ4v) is 2.82. The van der Waals surface area contributed by atoms with Crippen molar-refractivity contribution in [1.82, 2.24) is 24.4 Å². The van der Waals surface area contributed by atoms with Gasteiger partial charge in [-0.3, -0.25) is 9.48 Å². The first-order chi connectivity index (χ1) is 11.8. The van der Waals surface area contributed by atoms with Crippen LogP contribution >= 0.6 is 0 Å². The van der Waals surface area contributed by atoms with E-state index in [1.54, 1.807) is 6.20 Å². The third-order valence-electron chi connectivity index (χ3n) is 4.76. The number of aromatic nitrogens is 5. The minimum atomic E-state index is -0.206. The van der Waals surface area contributed by atoms with Gasteiger partial charge in [-0.25, -0.2) is 0 Å². The van der Waals surface area contributed by atoms with Crippen LogP contribution in [0.1, 0.15) is 58.1 Å². The van der Waals surface area contributed by atoms with Crippen LogP contribution < -0.4 is 5.56 Å². The van der Waals surface area contributed by atoms with Gasteiger partial charge in [-0.15, -0.1) is 0 Å². The molecule has 0 aliphatic rings. The molecule has 0 spiro atoms. The van der Waals surface area contributed by atoms with Crippen LogP contribution in [-0.2, 0) is 5.54 Å². The van der Waals surface area contributed by atoms with E-state index in [1.165, 1.54) is 10.7 Å². The summed E-state index contributed by atoms with van der Waals surface area (Å²) in [5, 5.41) is 17.8. The number of nitriles is 1. The molecule has 0 atom stereocenters. The maximum Gasteiger partial charge on any atom is 0.278 e. The Bertz CT molecular complexity index is 1030. The maximum absolute atomic E-state index is 12.9. The van der Waals surface area contributed by atoms with Gasteiger partial charge in [0, 0.05) is 17.3 Å². The lowest BCUT2D eigenvalue weighted by Crippen LogP contribution is -2.25. The molecule has 0 aliphatic carbocycles. The van der Waals surface area contributed by atoms with E-state index in [0.29, 0.717) is 22.5 Å². The van der Waals surface area contributed by atoms with Crippen LogP contribution in [0.5, 0.6) is 0 Å². The molecule has 0 aromatic carbocycles. The van der Waals surface area contributed by atoms with Crippen molar-refractivity contribution in [1.29, 1.82) is 5.26 Å². The van der Waals surface area contributed by atoms with Crippen molar-refractivity contribution in [2.24, 2.45) is 0 Å². The zero-order valence-electron chi connectivity index (χ0n) is 15.2. The standard InChI is InChI=1S/C18H22N6O/c1-6-18(4,5)23-10-13(9-20-23)15-14(11(2)3)17(25)24-16(22-15)12(7-19)8-21-24/h8-11,22H,6H2,1-5H3. The molecule has 7 heteroatoms. The number of fused-ring (bicyclic) bond motifs is 1. The second-order valence-electron chi connectivity index (χ2n) is 7.14. The number of aromatic amines is 1. The molecule has 25 heavy (non-hydrogen) atoms. The Labute approximate surface area is 145 Å². The van der Waals surface area contributed by atoms with E-state index in [1.807, 2.05) is 24.7 Å². The molecule has 0 bridgehead atoms. The number of H-pyrrole nitrogens is 1. The fraction of sp³-hybridized carbons (Fsp3) is 0.444. The number of rotatable bonds is 4. The second kappa shape index (κ2) is 5.88. The van der Waals surface area contributed by atoms with Gasteiger partial charge in [0.2, 0.25) is 0 Å². The molecule has 130 valence electrons. The van der Waals surface area contributed by atoms with Crippen LogP contribution in [0.2, 0.25) is 0 Å². The monoisotopic (exact) mass is 338 g/mol. The molecule has 3 heterocycles. The van der Waals surface area contributed by atoms with E-state index in [9.17, 15) is 10.1 Å². The number of hydrogen-bond acceptors (Lipinski definition) is 4. The van der Waals surface area contributed by atoms with E-state index in [0.717, 1.165) is 12.0 Å². The number of nitrogens with one attached hydrogen (secondary N) is 1. The van der Waals surface area contributed by atoms with Gasteiger partial charge in [0.05, 0.1) is 23.6 Å². The van der Waals surface area contributed by atoms with Gasteiger partial charge in [-0.1, -0.05) is 20.8 Å². The predicted octanol–water partition coefficient (Wildman–Crippen LogP) is 3.03. The van der Waals surface area contributed by atoms with Gasteiger partial charge in [0.15, 0.2) is 5.65 Å². The number of hydrogen-bond donors (Lipinski definition) is 1. The lowest BCUT2D eigenvalue weighted by molar-refractivity contribution is 0.308. The molecular weight excluding hydrogens is 316 g/mol. The molecule has 7 nitrogen and oxygen atoms in total. The Hall–Kier alpha value is -2.88. The molecule has 0 unspecified atom stereocenters. The van der Waals surface area contributed by atoms with Crippen LogP contribution in [-0.4, -0.2) is 24.4 Å². The van der Waals surface area contributed by atoms with Crippen molar-refractivity contribution in [3.63, 3.8) is 0 Å². The fourth-order valence-electron chi connectivity index (χ4n) is 2.82. The van der Waals surface area contributed by atoms with Gasteiger partial charge < -0.3 is 4.98 Å². The quantitative estimate of drug-likeness (QED) is 0.791. The third-order valence-corrected chi connectivity index (χ3v) is 4.76. The van der Waals surface area contributed by atoms with Gasteiger partial charge in [-0.05, 0) is 26.2 Å². The summed E-state index contributed by atoms with van der Waals surface area (Å²) in [5.74, 6) is 0.000390. The molecule has 0 radical (unpaired) electrons. The highest BCUT2D eigenvalue weighted by molar-refractivity contribution is 5.67. The molecule has 3 aromatic heterocycles. The summed E-state index contributed by atoms with van der Waals surface area (Å²) in [7, 11) is 0. The van der Waals surface area contributed by atoms with Crippen LogP contribution in [0.4, 0.5) is 0 Å². The predicted molar refractivity (Wildman–Crippen MR) is 95.5 cm³/mol. The maximum atomic E-state index is 12.9. The first-order valence-electron chi connectivity index (χ1n) is 8.39. The first kappa shape index (κ1) is 17.0. The summed E-state index contributed by atoms with van der Waals surface area (Å²) >= 11 is 0. The highest BCUT2D eigenvalue weighted by Gasteiger charge is 2.23. The van der Waals surface area contributed by atoms with Crippen LogP contribution in [0.3, 0.4) is 0 Å². The van der Waals surface area contributed by atoms with Crippen molar-refractivity contribution >= 4 is 5.65 Å². The van der Waals surface area contributed by atoms with Crippen molar-refractivity contribution in [2.75, 3.05) is 0 Å². The molecule has 0 aliphatic heterocycles. The Morgan fingerprint density at radius 3 is 2.64 bits per heavy atom. The average Bonchev–Trinajstić information content (AvgIpc) is 3.21. The molecule has 0 amide bonds. The van der Waals surface area contributed by atoms with Crippen molar-refractivity contribution in [3.8, 4) is 17.3 Å². The van der Waals surface area contributed by atoms with Crippen LogP contribution in [0, 0.1) is 11.3 Å². The number of nitrogens with zero attached hydrogens (tertiary/aromatic N) is 5. The third kappa shape index (κ3) is 2.64. The minimum Gasteiger partial charge on any atom is -0.338 e. The van der Waals surface area contributed by atoms with Crippen LogP contribution in [0.25, 0.3) is 16.9 Å². The summed E-state index contributed by atoms with van der Waals surface area (Å²) in [4.78, 5) is 16.1. The molecule has 3 aromatic rings. The summed E-state index contributed by atoms with van der Waals surface area (Å²) in [6, 6.07) is 2.07. The molecular formula is C18H22N6O. The molecule has 0 saturated heterocycles. The highest BCUT2D eigenvalue weighted by Crippen LogP contribution is 2.28. The largest absolute Gasteiger partial charge is 0.338 e. The van der Waals surface area contributed by atoms with Crippen molar-refractivity contribution < 1.29 is 0 Å². The Morgan fingerprint density at radius 1 is 1.32 bits per heavy atom. The van der Waals surface area contributed by atoms with Crippen LogP contribution in [0.15, 0.2) is 23.4 Å². The van der Waals surface area contributed by atoms with Gasteiger partial charge in [0.25, 0.3) is 5.56 Å². The van der Waals surface area contributed by atoms with E-state index in [-0.39, 0.29) is 17.0 Å². The Morgan fingerprint density at radius 2 is 2.04 bits per heavy atom. The summed E-state index contributed by atoms with van der Waals surface area (Å²) in [5.41, 5.74) is 2.59. The normalized spacial score (nSPS) is 12.0. The summed E-state index contributed by atoms with van der Waals surface area (Å²) in [6.07, 6.45) is 6.04. The van der Waals surface area contributed by atoms with E-state index < -0.39 is 0 Å². The molecule has 0 saturated carbocycles. The Balaban J connectivity index is 2.30. The van der Waals surface area contributed by atoms with Gasteiger partial charge in [-0.2, -0.15) is 20.0 Å². The second-order valence-corrected chi connectivity index (χ2v) is 7.14. The van der Waals surface area contributed by atoms with Gasteiger partial charge >= 0.3 is 0 Å². The average molecular weight is 338 g/mol. The molecule has 3 rings (SSSR count). The van der Waals surface area contributed by atoms with Gasteiger partial charge in [0.1, 0.15) is 11.6 Å². The summed E-state index contributed by atoms with van der Waals surface area (Å²) < 4.78 is 3.17. The highest BCUT2D eigenvalue weighted by atomic mass is 16.1. The van der Waals surface area contributed by atoms with E-state index >= 15 is 0 Å². The lowest BCUT2D eigenvalue weighted by Gasteiger charge is -2.23. The van der Waals surface area contributed by atoms with E-state index in [2.05, 4.69) is 42.0 Å². The summed E-state index contributed by atoms with van der Waals surface area (Å²) in [6.45, 7) is 10.3. The minimum absolute atomic E-state index is 0.000390. The Kier molecular flexibility index (Phi) is 3.99. The smallest absolute Gasteiger partial charge is 0.278 e. The van der Waals surface area contributed by atoms with E-state index in [4.69, 9.17) is 0 Å². The van der Waals surface area contributed by atoms with Crippen molar-refractivity contribution in [2.45, 2.75) is 52.5 Å². The zero-order chi connectivity index (χ0) is 18.4. The zero-order valence-corrected chi connectivity index (χ0v) is 15.2. The molecule has 0 fully saturated rings. The van der Waals surface area contributed by atoms with Crippen molar-refractivity contribution in [3.05, 3.63) is 40.1 Å². The molecule has 1 N–H and O–H groups in total. The SMILES string of the molecule is CCC(C)(C)n1cc(-c2[nH]c3c(C#N)cnn3c(=O)c2C(C)C)cn1.